The van der Waals surface area contributed by atoms with Crippen molar-refractivity contribution in [3.8, 4) is 0 Å². The lowest BCUT2D eigenvalue weighted by molar-refractivity contribution is 0.891. The molecule has 66 valence electrons. The lowest BCUT2D eigenvalue weighted by atomic mass is 10.3. The lowest BCUT2D eigenvalue weighted by Gasteiger charge is -2.02. The first-order chi connectivity index (χ1) is 5.80. The van der Waals surface area contributed by atoms with Gasteiger partial charge in [-0.3, -0.25) is 0 Å². The molecule has 0 N–H and O–H groups in total. The summed E-state index contributed by atoms with van der Waals surface area (Å²) in [4.78, 5) is 8.68. The maximum atomic E-state index is 4.34. The van der Waals surface area contributed by atoms with Crippen molar-refractivity contribution in [3.05, 3.63) is 23.3 Å². The van der Waals surface area contributed by atoms with Crippen LogP contribution in [0.4, 0.5) is 0 Å². The topological polar surface area (TPSA) is 25.8 Å². The molecule has 0 unspecified atom stereocenters. The Morgan fingerprint density at radius 1 is 1.17 bits per heavy atom. The fourth-order valence-corrected chi connectivity index (χ4v) is 1.48. The van der Waals surface area contributed by atoms with Crippen LogP contribution in [0, 0.1) is 0 Å². The highest BCUT2D eigenvalue weighted by Gasteiger charge is 2.00. The van der Waals surface area contributed by atoms with Crippen molar-refractivity contribution >= 4 is 31.9 Å². The predicted molar refractivity (Wildman–Crippen MR) is 56.7 cm³/mol. The van der Waals surface area contributed by atoms with Gasteiger partial charge in [-0.05, 0) is 6.07 Å². The standard InChI is InChI=1S/C8H10Br2N2/c1-2-8-11-6(4-9)3-7(5-10)12-8/h3H,2,4-5H2,1H3. The van der Waals surface area contributed by atoms with Crippen molar-refractivity contribution in [2.75, 3.05) is 0 Å². The van der Waals surface area contributed by atoms with Gasteiger partial charge in [0.25, 0.3) is 0 Å². The minimum absolute atomic E-state index is 0.794. The van der Waals surface area contributed by atoms with Gasteiger partial charge < -0.3 is 0 Å². The van der Waals surface area contributed by atoms with Gasteiger partial charge in [0.15, 0.2) is 0 Å². The summed E-state index contributed by atoms with van der Waals surface area (Å²) in [5, 5.41) is 1.59. The molecule has 12 heavy (non-hydrogen) atoms. The smallest absolute Gasteiger partial charge is 0.128 e. The van der Waals surface area contributed by atoms with Crippen LogP contribution >= 0.6 is 31.9 Å². The Hall–Kier alpha value is 0.0400. The Balaban J connectivity index is 3.01. The molecule has 0 bridgehead atoms. The molecule has 1 aromatic rings. The third-order valence-electron chi connectivity index (χ3n) is 1.47. The second-order valence-electron chi connectivity index (χ2n) is 2.39. The predicted octanol–water partition coefficient (Wildman–Crippen LogP) is 2.83. The SMILES string of the molecule is CCc1nc(CBr)cc(CBr)n1. The molecule has 1 heterocycles. The van der Waals surface area contributed by atoms with Crippen molar-refractivity contribution in [3.63, 3.8) is 0 Å². The van der Waals surface area contributed by atoms with Crippen LogP contribution in [-0.4, -0.2) is 9.97 Å². The zero-order chi connectivity index (χ0) is 8.97. The molecule has 1 rings (SSSR count). The van der Waals surface area contributed by atoms with Crippen LogP contribution in [0.5, 0.6) is 0 Å². The average Bonchev–Trinajstić information content (AvgIpc) is 2.16. The van der Waals surface area contributed by atoms with Crippen LogP contribution < -0.4 is 0 Å². The molecular weight excluding hydrogens is 284 g/mol. The Morgan fingerprint density at radius 3 is 2.00 bits per heavy atom. The van der Waals surface area contributed by atoms with Gasteiger partial charge in [-0.15, -0.1) is 0 Å². The van der Waals surface area contributed by atoms with Gasteiger partial charge >= 0.3 is 0 Å². The van der Waals surface area contributed by atoms with Crippen molar-refractivity contribution in [1.82, 2.24) is 9.97 Å². The molecule has 0 aliphatic carbocycles. The van der Waals surface area contributed by atoms with E-state index in [0.717, 1.165) is 34.3 Å². The van der Waals surface area contributed by atoms with Crippen LogP contribution in [0.2, 0.25) is 0 Å². The highest BCUT2D eigenvalue weighted by molar-refractivity contribution is 9.08. The number of nitrogens with zero attached hydrogens (tertiary/aromatic N) is 2. The van der Waals surface area contributed by atoms with Crippen LogP contribution in [0.25, 0.3) is 0 Å². The molecule has 0 radical (unpaired) electrons. The molecule has 0 spiro atoms. The van der Waals surface area contributed by atoms with E-state index in [1.54, 1.807) is 0 Å². The fraction of sp³-hybridized carbons (Fsp3) is 0.500. The molecule has 0 saturated heterocycles. The van der Waals surface area contributed by atoms with Crippen LogP contribution in [-0.2, 0) is 17.1 Å². The number of aryl methyl sites for hydroxylation is 1. The lowest BCUT2D eigenvalue weighted by Crippen LogP contribution is -1.99. The second-order valence-corrected chi connectivity index (χ2v) is 3.51. The Labute approximate surface area is 89.1 Å². The number of aromatic nitrogens is 2. The summed E-state index contributed by atoms with van der Waals surface area (Å²) in [7, 11) is 0. The number of alkyl halides is 2. The van der Waals surface area contributed by atoms with Gasteiger partial charge in [-0.25, -0.2) is 9.97 Å². The fourth-order valence-electron chi connectivity index (χ4n) is 0.908. The van der Waals surface area contributed by atoms with Crippen molar-refractivity contribution in [2.45, 2.75) is 24.0 Å². The van der Waals surface area contributed by atoms with E-state index in [0.29, 0.717) is 0 Å². The summed E-state index contributed by atoms with van der Waals surface area (Å²) >= 11 is 6.76. The molecule has 2 nitrogen and oxygen atoms in total. The normalized spacial score (nSPS) is 10.2. The highest BCUT2D eigenvalue weighted by atomic mass is 79.9. The number of halogens is 2. The van der Waals surface area contributed by atoms with Crippen molar-refractivity contribution in [2.24, 2.45) is 0 Å². The van der Waals surface area contributed by atoms with E-state index in [1.807, 2.05) is 6.07 Å². The molecule has 0 aromatic carbocycles. The minimum atomic E-state index is 0.794. The first-order valence-corrected chi connectivity index (χ1v) is 6.02. The van der Waals surface area contributed by atoms with E-state index in [4.69, 9.17) is 0 Å². The highest BCUT2D eigenvalue weighted by Crippen LogP contribution is 2.08. The van der Waals surface area contributed by atoms with Crippen molar-refractivity contribution in [1.29, 1.82) is 0 Å². The second kappa shape index (κ2) is 4.92. The summed E-state index contributed by atoms with van der Waals surface area (Å²) < 4.78 is 0. The van der Waals surface area contributed by atoms with Crippen LogP contribution in [0.1, 0.15) is 24.1 Å². The maximum Gasteiger partial charge on any atom is 0.128 e. The quantitative estimate of drug-likeness (QED) is 0.801. The van der Waals surface area contributed by atoms with E-state index in [2.05, 4.69) is 48.8 Å². The summed E-state index contributed by atoms with van der Waals surface area (Å²) in [5.41, 5.74) is 2.10. The Bertz CT molecular complexity index is 208. The first-order valence-electron chi connectivity index (χ1n) is 3.77. The number of hydrogen-bond donors (Lipinski definition) is 0. The molecule has 0 aliphatic rings. The van der Waals surface area contributed by atoms with Gasteiger partial charge in [0, 0.05) is 17.1 Å². The molecular formula is C8H10Br2N2. The van der Waals surface area contributed by atoms with E-state index < -0.39 is 0 Å². The van der Waals surface area contributed by atoms with E-state index in [9.17, 15) is 0 Å². The third-order valence-corrected chi connectivity index (χ3v) is 2.62. The zero-order valence-corrected chi connectivity index (χ0v) is 10.0. The van der Waals surface area contributed by atoms with Gasteiger partial charge in [-0.2, -0.15) is 0 Å². The Kier molecular flexibility index (Phi) is 4.15. The van der Waals surface area contributed by atoms with Gasteiger partial charge in [0.2, 0.25) is 0 Å². The Morgan fingerprint density at radius 2 is 1.67 bits per heavy atom. The molecule has 1 aromatic heterocycles. The third kappa shape index (κ3) is 2.52. The van der Waals surface area contributed by atoms with E-state index >= 15 is 0 Å². The summed E-state index contributed by atoms with van der Waals surface area (Å²) in [5.74, 6) is 0.918. The van der Waals surface area contributed by atoms with E-state index in [1.165, 1.54) is 0 Å². The molecule has 0 aliphatic heterocycles. The van der Waals surface area contributed by atoms with Gasteiger partial charge in [0.05, 0.1) is 11.4 Å². The van der Waals surface area contributed by atoms with Crippen LogP contribution in [0.3, 0.4) is 0 Å². The molecule has 4 heteroatoms. The molecule has 0 saturated carbocycles. The number of rotatable bonds is 3. The summed E-state index contributed by atoms with van der Waals surface area (Å²) in [6.07, 6.45) is 0.890. The molecule has 0 atom stereocenters. The summed E-state index contributed by atoms with van der Waals surface area (Å²) in [6, 6.07) is 2.00. The monoisotopic (exact) mass is 292 g/mol. The number of hydrogen-bond acceptors (Lipinski definition) is 2. The largest absolute Gasteiger partial charge is 0.237 e. The first kappa shape index (κ1) is 10.1. The van der Waals surface area contributed by atoms with Gasteiger partial charge in [0.1, 0.15) is 5.82 Å². The van der Waals surface area contributed by atoms with Crippen molar-refractivity contribution < 1.29 is 0 Å². The van der Waals surface area contributed by atoms with E-state index in [-0.39, 0.29) is 0 Å². The summed E-state index contributed by atoms with van der Waals surface area (Å²) in [6.45, 7) is 2.06. The van der Waals surface area contributed by atoms with Crippen LogP contribution in [0.15, 0.2) is 6.07 Å². The van der Waals surface area contributed by atoms with Gasteiger partial charge in [-0.1, -0.05) is 38.8 Å². The maximum absolute atomic E-state index is 4.34. The molecule has 0 amide bonds. The molecule has 0 fully saturated rings. The average molecular weight is 294 g/mol. The minimum Gasteiger partial charge on any atom is -0.237 e. The zero-order valence-electron chi connectivity index (χ0n) is 6.85.